The van der Waals surface area contributed by atoms with E-state index in [1.54, 1.807) is 6.08 Å². The molecule has 0 fully saturated rings. The van der Waals surface area contributed by atoms with Crippen molar-refractivity contribution in [2.24, 2.45) is 0 Å². The molecule has 0 aliphatic carbocycles. The molecule has 0 bridgehead atoms. The van der Waals surface area contributed by atoms with E-state index in [1.807, 2.05) is 48.5 Å². The third kappa shape index (κ3) is 3.36. The lowest BCUT2D eigenvalue weighted by molar-refractivity contribution is 0.104. The summed E-state index contributed by atoms with van der Waals surface area (Å²) in [4.78, 5) is 12.3. The van der Waals surface area contributed by atoms with Crippen LogP contribution in [0.1, 0.15) is 27.3 Å². The van der Waals surface area contributed by atoms with Crippen molar-refractivity contribution >= 4 is 34.5 Å². The van der Waals surface area contributed by atoms with E-state index in [0.717, 1.165) is 17.0 Å². The summed E-state index contributed by atoms with van der Waals surface area (Å²) in [7, 11) is 0. The van der Waals surface area contributed by atoms with Gasteiger partial charge in [0.2, 0.25) is 0 Å². The molecule has 0 N–H and O–H groups in total. The summed E-state index contributed by atoms with van der Waals surface area (Å²) in [5.41, 5.74) is 5.23. The molecule has 3 aromatic rings. The maximum absolute atomic E-state index is 12.3. The number of para-hydroxylation sites is 1. The standard InChI is InChI=1S/C21H18INO/c1-15-14-18(12-13-21(24)17-8-4-3-5-9-17)16(2)23(15)20-11-7-6-10-19(20)22/h3-14H,1-2H3/b13-12+. The van der Waals surface area contributed by atoms with Crippen LogP contribution in [0.25, 0.3) is 11.8 Å². The van der Waals surface area contributed by atoms with Crippen LogP contribution in [0.15, 0.2) is 66.7 Å². The number of aryl methyl sites for hydroxylation is 1. The Bertz CT molecular complexity index is 907. The monoisotopic (exact) mass is 427 g/mol. The number of halogens is 1. The van der Waals surface area contributed by atoms with E-state index in [9.17, 15) is 4.79 Å². The Kier molecular flexibility index (Phi) is 5.00. The Labute approximate surface area is 156 Å². The molecule has 0 atom stereocenters. The van der Waals surface area contributed by atoms with Crippen molar-refractivity contribution in [3.63, 3.8) is 0 Å². The van der Waals surface area contributed by atoms with Crippen LogP contribution in [0.3, 0.4) is 0 Å². The summed E-state index contributed by atoms with van der Waals surface area (Å²) in [5.74, 6) is 0.0229. The highest BCUT2D eigenvalue weighted by atomic mass is 127. The highest BCUT2D eigenvalue weighted by molar-refractivity contribution is 14.1. The van der Waals surface area contributed by atoms with Gasteiger partial charge in [0.25, 0.3) is 0 Å². The second-order valence-corrected chi connectivity index (χ2v) is 6.84. The summed E-state index contributed by atoms with van der Waals surface area (Å²) in [6, 6.07) is 19.8. The second-order valence-electron chi connectivity index (χ2n) is 5.68. The number of carbonyl (C=O) groups excluding carboxylic acids is 1. The number of carbonyl (C=O) groups is 1. The van der Waals surface area contributed by atoms with Crippen LogP contribution in [0.2, 0.25) is 0 Å². The second kappa shape index (κ2) is 7.18. The van der Waals surface area contributed by atoms with Gasteiger partial charge in [0.1, 0.15) is 0 Å². The Hall–Kier alpha value is -2.14. The fourth-order valence-electron chi connectivity index (χ4n) is 2.82. The van der Waals surface area contributed by atoms with Gasteiger partial charge < -0.3 is 4.57 Å². The Morgan fingerprint density at radius 2 is 1.67 bits per heavy atom. The summed E-state index contributed by atoms with van der Waals surface area (Å²) >= 11 is 2.35. The average molecular weight is 427 g/mol. The minimum atomic E-state index is 0.0229. The molecule has 0 amide bonds. The maximum Gasteiger partial charge on any atom is 0.185 e. The lowest BCUT2D eigenvalue weighted by Gasteiger charge is -2.11. The molecule has 0 unspecified atom stereocenters. The third-order valence-electron chi connectivity index (χ3n) is 4.04. The van der Waals surface area contributed by atoms with Gasteiger partial charge in [-0.25, -0.2) is 0 Å². The van der Waals surface area contributed by atoms with Crippen molar-refractivity contribution in [3.05, 3.63) is 92.8 Å². The van der Waals surface area contributed by atoms with Gasteiger partial charge in [0.05, 0.1) is 5.69 Å². The summed E-state index contributed by atoms with van der Waals surface area (Å²) in [5, 5.41) is 0. The van der Waals surface area contributed by atoms with Gasteiger partial charge in [-0.1, -0.05) is 42.5 Å². The van der Waals surface area contributed by atoms with E-state index < -0.39 is 0 Å². The largest absolute Gasteiger partial charge is 0.317 e. The first-order valence-electron chi connectivity index (χ1n) is 7.79. The predicted octanol–water partition coefficient (Wildman–Crippen LogP) is 5.59. The van der Waals surface area contributed by atoms with Crippen molar-refractivity contribution in [1.82, 2.24) is 4.57 Å². The van der Waals surface area contributed by atoms with Crippen molar-refractivity contribution < 1.29 is 4.79 Å². The lowest BCUT2D eigenvalue weighted by atomic mass is 10.1. The van der Waals surface area contributed by atoms with E-state index in [2.05, 4.69) is 59.2 Å². The summed E-state index contributed by atoms with van der Waals surface area (Å²) in [6.45, 7) is 4.18. The minimum absolute atomic E-state index is 0.0229. The number of allylic oxidation sites excluding steroid dienone is 1. The molecule has 2 aromatic carbocycles. The Morgan fingerprint density at radius 1 is 1.00 bits per heavy atom. The van der Waals surface area contributed by atoms with Gasteiger partial charge in [-0.2, -0.15) is 0 Å². The number of benzene rings is 2. The van der Waals surface area contributed by atoms with Crippen LogP contribution in [-0.4, -0.2) is 10.4 Å². The maximum atomic E-state index is 12.3. The normalized spacial score (nSPS) is 11.1. The molecule has 2 nitrogen and oxygen atoms in total. The molecule has 1 heterocycles. The first-order chi connectivity index (χ1) is 11.6. The van der Waals surface area contributed by atoms with Gasteiger partial charge in [0, 0.05) is 20.5 Å². The van der Waals surface area contributed by atoms with Crippen LogP contribution in [-0.2, 0) is 0 Å². The molecule has 0 saturated carbocycles. The zero-order chi connectivity index (χ0) is 17.1. The van der Waals surface area contributed by atoms with E-state index in [1.165, 1.54) is 9.26 Å². The molecule has 0 aliphatic rings. The summed E-state index contributed by atoms with van der Waals surface area (Å²) < 4.78 is 3.43. The number of rotatable bonds is 4. The molecular weight excluding hydrogens is 409 g/mol. The van der Waals surface area contributed by atoms with Crippen LogP contribution >= 0.6 is 22.6 Å². The molecule has 3 heteroatoms. The number of hydrogen-bond acceptors (Lipinski definition) is 1. The number of hydrogen-bond donors (Lipinski definition) is 0. The molecule has 0 saturated heterocycles. The number of nitrogens with zero attached hydrogens (tertiary/aromatic N) is 1. The smallest absolute Gasteiger partial charge is 0.185 e. The van der Waals surface area contributed by atoms with Gasteiger partial charge in [-0.3, -0.25) is 4.79 Å². The van der Waals surface area contributed by atoms with Crippen molar-refractivity contribution in [2.75, 3.05) is 0 Å². The first-order valence-corrected chi connectivity index (χ1v) is 8.87. The van der Waals surface area contributed by atoms with Crippen LogP contribution < -0.4 is 0 Å². The predicted molar refractivity (Wildman–Crippen MR) is 108 cm³/mol. The van der Waals surface area contributed by atoms with Gasteiger partial charge >= 0.3 is 0 Å². The molecule has 0 radical (unpaired) electrons. The summed E-state index contributed by atoms with van der Waals surface area (Å²) in [6.07, 6.45) is 3.56. The van der Waals surface area contributed by atoms with Crippen LogP contribution in [0.4, 0.5) is 0 Å². The third-order valence-corrected chi connectivity index (χ3v) is 4.95. The topological polar surface area (TPSA) is 22.0 Å². The number of aromatic nitrogens is 1. The van der Waals surface area contributed by atoms with Gasteiger partial charge in [-0.05, 0) is 72.4 Å². The zero-order valence-electron chi connectivity index (χ0n) is 13.7. The highest BCUT2D eigenvalue weighted by Gasteiger charge is 2.11. The van der Waals surface area contributed by atoms with Crippen LogP contribution in [0, 0.1) is 17.4 Å². The highest BCUT2D eigenvalue weighted by Crippen LogP contribution is 2.25. The van der Waals surface area contributed by atoms with Crippen molar-refractivity contribution in [2.45, 2.75) is 13.8 Å². The Balaban J connectivity index is 1.94. The average Bonchev–Trinajstić information content (AvgIpc) is 2.88. The van der Waals surface area contributed by atoms with Gasteiger partial charge in [0.15, 0.2) is 5.78 Å². The fraction of sp³-hybridized carbons (Fsp3) is 0.0952. The molecular formula is C21H18INO. The molecule has 120 valence electrons. The zero-order valence-corrected chi connectivity index (χ0v) is 15.8. The molecule has 24 heavy (non-hydrogen) atoms. The van der Waals surface area contributed by atoms with E-state index >= 15 is 0 Å². The lowest BCUT2D eigenvalue weighted by Crippen LogP contribution is -2.01. The van der Waals surface area contributed by atoms with Crippen molar-refractivity contribution in [3.8, 4) is 5.69 Å². The molecule has 0 aliphatic heterocycles. The molecule has 1 aromatic heterocycles. The van der Waals surface area contributed by atoms with Crippen LogP contribution in [0.5, 0.6) is 0 Å². The SMILES string of the molecule is Cc1cc(/C=C/C(=O)c2ccccc2)c(C)n1-c1ccccc1I. The number of ketones is 1. The molecule has 3 rings (SSSR count). The van der Waals surface area contributed by atoms with E-state index in [-0.39, 0.29) is 5.78 Å². The van der Waals surface area contributed by atoms with E-state index in [4.69, 9.17) is 0 Å². The quantitative estimate of drug-likeness (QED) is 0.302. The first kappa shape index (κ1) is 16.7. The van der Waals surface area contributed by atoms with E-state index in [0.29, 0.717) is 5.56 Å². The molecule has 0 spiro atoms. The minimum Gasteiger partial charge on any atom is -0.317 e. The van der Waals surface area contributed by atoms with Gasteiger partial charge in [-0.15, -0.1) is 0 Å². The fourth-order valence-corrected chi connectivity index (χ4v) is 3.45. The Morgan fingerprint density at radius 3 is 2.38 bits per heavy atom. The van der Waals surface area contributed by atoms with Crippen molar-refractivity contribution in [1.29, 1.82) is 0 Å².